The Morgan fingerprint density at radius 3 is 2.90 bits per heavy atom. The zero-order chi connectivity index (χ0) is 14.7. The van der Waals surface area contributed by atoms with E-state index in [-0.39, 0.29) is 18.1 Å². The first-order valence-electron chi connectivity index (χ1n) is 6.38. The van der Waals surface area contributed by atoms with Crippen molar-refractivity contribution in [3.8, 4) is 0 Å². The molecule has 2 rings (SSSR count). The molecule has 2 aromatic heterocycles. The number of rotatable bonds is 5. The van der Waals surface area contributed by atoms with Crippen LogP contribution in [0.4, 0.5) is 0 Å². The Kier molecular flexibility index (Phi) is 4.51. The van der Waals surface area contributed by atoms with Gasteiger partial charge in [-0.3, -0.25) is 14.9 Å². The molecule has 0 fully saturated rings. The molecule has 0 amide bonds. The molecule has 0 saturated heterocycles. The zero-order valence-electron chi connectivity index (χ0n) is 11.7. The van der Waals surface area contributed by atoms with E-state index in [0.29, 0.717) is 24.4 Å². The van der Waals surface area contributed by atoms with Gasteiger partial charge in [-0.1, -0.05) is 0 Å². The fourth-order valence-corrected chi connectivity index (χ4v) is 2.93. The topological polar surface area (TPSA) is 84.1 Å². The van der Waals surface area contributed by atoms with Crippen molar-refractivity contribution in [1.82, 2.24) is 15.3 Å². The molecule has 0 aliphatic heterocycles. The summed E-state index contributed by atoms with van der Waals surface area (Å²) in [7, 11) is 0. The molecule has 0 spiro atoms. The predicted molar refractivity (Wildman–Crippen MR) is 78.1 cm³/mol. The first-order chi connectivity index (χ1) is 9.52. The van der Waals surface area contributed by atoms with Crippen LogP contribution >= 0.6 is 11.3 Å². The number of hydrogen-bond acceptors (Lipinski definition) is 6. The number of fused-ring (bicyclic) bond motifs is 1. The number of nitrogens with one attached hydrogen (secondary N) is 2. The molecule has 2 aromatic rings. The van der Waals surface area contributed by atoms with E-state index in [4.69, 9.17) is 4.74 Å². The lowest BCUT2D eigenvalue weighted by molar-refractivity contribution is -0.142. The van der Waals surface area contributed by atoms with Gasteiger partial charge in [0.1, 0.15) is 10.7 Å². The molecular weight excluding hydrogens is 278 g/mol. The minimum Gasteiger partial charge on any atom is -0.465 e. The highest BCUT2D eigenvalue weighted by atomic mass is 32.1. The first kappa shape index (κ1) is 14.7. The minimum atomic E-state index is -0.321. The van der Waals surface area contributed by atoms with E-state index in [1.165, 1.54) is 11.3 Å². The van der Waals surface area contributed by atoms with Crippen LogP contribution in [-0.4, -0.2) is 29.1 Å². The average Bonchev–Trinajstić information content (AvgIpc) is 2.65. The molecule has 0 aliphatic carbocycles. The van der Waals surface area contributed by atoms with Crippen molar-refractivity contribution >= 4 is 27.5 Å². The van der Waals surface area contributed by atoms with Gasteiger partial charge in [-0.05, 0) is 26.3 Å². The monoisotopic (exact) mass is 295 g/mol. The summed E-state index contributed by atoms with van der Waals surface area (Å²) in [5, 5.41) is 3.55. The summed E-state index contributed by atoms with van der Waals surface area (Å²) in [6.07, 6.45) is 0. The maximum atomic E-state index is 12.0. The van der Waals surface area contributed by atoms with E-state index in [1.54, 1.807) is 6.92 Å². The maximum Gasteiger partial charge on any atom is 0.319 e. The van der Waals surface area contributed by atoms with Crippen LogP contribution in [0.2, 0.25) is 0 Å². The van der Waals surface area contributed by atoms with E-state index in [1.807, 2.05) is 13.8 Å². The number of aryl methyl sites for hydroxylation is 2. The number of H-pyrrole nitrogens is 1. The fourth-order valence-electron chi connectivity index (χ4n) is 1.88. The van der Waals surface area contributed by atoms with Crippen LogP contribution in [0.3, 0.4) is 0 Å². The maximum absolute atomic E-state index is 12.0. The van der Waals surface area contributed by atoms with Crippen LogP contribution in [0.1, 0.15) is 23.2 Å². The van der Waals surface area contributed by atoms with E-state index in [2.05, 4.69) is 15.3 Å². The lowest BCUT2D eigenvalue weighted by Gasteiger charge is -2.04. The Balaban J connectivity index is 2.12. The Hall–Kier alpha value is -1.73. The number of aromatic nitrogens is 2. The third-order valence-electron chi connectivity index (χ3n) is 2.96. The van der Waals surface area contributed by atoms with Gasteiger partial charge in [0.05, 0.1) is 25.1 Å². The number of nitrogens with zero attached hydrogens (tertiary/aromatic N) is 1. The van der Waals surface area contributed by atoms with E-state index in [0.717, 1.165) is 15.3 Å². The van der Waals surface area contributed by atoms with Crippen LogP contribution in [0, 0.1) is 13.8 Å². The fraction of sp³-hybridized carbons (Fsp3) is 0.462. The number of carbonyl (C=O) groups excluding carboxylic acids is 1. The Morgan fingerprint density at radius 1 is 1.45 bits per heavy atom. The van der Waals surface area contributed by atoms with E-state index >= 15 is 0 Å². The highest BCUT2D eigenvalue weighted by Crippen LogP contribution is 2.25. The number of carbonyl (C=O) groups is 1. The molecule has 7 heteroatoms. The zero-order valence-corrected chi connectivity index (χ0v) is 12.5. The summed E-state index contributed by atoms with van der Waals surface area (Å²) in [6, 6.07) is 0. The summed E-state index contributed by atoms with van der Waals surface area (Å²) in [6.45, 7) is 6.42. The summed E-state index contributed by atoms with van der Waals surface area (Å²) < 4.78 is 4.80. The number of esters is 1. The van der Waals surface area contributed by atoms with Crippen molar-refractivity contribution in [2.45, 2.75) is 27.3 Å². The molecular formula is C13H17N3O3S. The summed E-state index contributed by atoms with van der Waals surface area (Å²) in [5.74, 6) is 0.201. The number of aromatic amines is 1. The van der Waals surface area contributed by atoms with Crippen LogP contribution in [0.25, 0.3) is 10.2 Å². The quantitative estimate of drug-likeness (QED) is 0.811. The van der Waals surface area contributed by atoms with Gasteiger partial charge in [0.25, 0.3) is 5.56 Å². The molecule has 0 saturated carbocycles. The van der Waals surface area contributed by atoms with Gasteiger partial charge in [0.15, 0.2) is 0 Å². The summed E-state index contributed by atoms with van der Waals surface area (Å²) in [5.41, 5.74) is 0.842. The molecule has 0 aliphatic rings. The molecule has 0 aromatic carbocycles. The minimum absolute atomic E-state index is 0.0953. The lowest BCUT2D eigenvalue weighted by atomic mass is 10.2. The van der Waals surface area contributed by atoms with Crippen molar-refractivity contribution in [2.24, 2.45) is 0 Å². The van der Waals surface area contributed by atoms with E-state index < -0.39 is 0 Å². The third-order valence-corrected chi connectivity index (χ3v) is 4.06. The van der Waals surface area contributed by atoms with E-state index in [9.17, 15) is 9.59 Å². The van der Waals surface area contributed by atoms with Crippen LogP contribution < -0.4 is 10.9 Å². The van der Waals surface area contributed by atoms with Crippen LogP contribution in [0.15, 0.2) is 4.79 Å². The summed E-state index contributed by atoms with van der Waals surface area (Å²) >= 11 is 1.50. The van der Waals surface area contributed by atoms with Gasteiger partial charge >= 0.3 is 5.97 Å². The van der Waals surface area contributed by atoms with Gasteiger partial charge < -0.3 is 9.72 Å². The second-order valence-electron chi connectivity index (χ2n) is 4.38. The van der Waals surface area contributed by atoms with Gasteiger partial charge in [-0.15, -0.1) is 11.3 Å². The van der Waals surface area contributed by atoms with Crippen molar-refractivity contribution in [3.05, 3.63) is 26.6 Å². The highest BCUT2D eigenvalue weighted by Gasteiger charge is 2.11. The number of thiophene rings is 1. The van der Waals surface area contributed by atoms with Gasteiger partial charge in [0.2, 0.25) is 0 Å². The van der Waals surface area contributed by atoms with Gasteiger partial charge in [0, 0.05) is 4.88 Å². The van der Waals surface area contributed by atoms with Crippen LogP contribution in [0.5, 0.6) is 0 Å². The molecule has 2 heterocycles. The Bertz CT molecular complexity index is 690. The molecule has 0 radical (unpaired) electrons. The molecule has 20 heavy (non-hydrogen) atoms. The third kappa shape index (κ3) is 3.05. The normalized spacial score (nSPS) is 10.9. The molecule has 108 valence electrons. The molecule has 2 N–H and O–H groups in total. The van der Waals surface area contributed by atoms with Crippen molar-refractivity contribution in [3.63, 3.8) is 0 Å². The van der Waals surface area contributed by atoms with Crippen molar-refractivity contribution in [1.29, 1.82) is 0 Å². The van der Waals surface area contributed by atoms with Gasteiger partial charge in [-0.2, -0.15) is 0 Å². The SMILES string of the molecule is CCOC(=O)CNCc1nc2sc(C)c(C)c2c(=O)[nH]1. The Morgan fingerprint density at radius 2 is 2.20 bits per heavy atom. The first-order valence-corrected chi connectivity index (χ1v) is 7.19. The highest BCUT2D eigenvalue weighted by molar-refractivity contribution is 7.18. The number of ether oxygens (including phenoxy) is 1. The second-order valence-corrected chi connectivity index (χ2v) is 5.59. The van der Waals surface area contributed by atoms with Gasteiger partial charge in [-0.25, -0.2) is 4.98 Å². The smallest absolute Gasteiger partial charge is 0.319 e. The largest absolute Gasteiger partial charge is 0.465 e. The second kappa shape index (κ2) is 6.15. The molecule has 0 atom stereocenters. The predicted octanol–water partition coefficient (Wildman–Crippen LogP) is 1.25. The average molecular weight is 295 g/mol. The Labute approximate surface area is 120 Å². The summed E-state index contributed by atoms with van der Waals surface area (Å²) in [4.78, 5) is 32.2. The molecule has 0 bridgehead atoms. The van der Waals surface area contributed by atoms with Crippen molar-refractivity contribution < 1.29 is 9.53 Å². The molecule has 6 nitrogen and oxygen atoms in total. The number of hydrogen-bond donors (Lipinski definition) is 2. The molecule has 0 unspecified atom stereocenters. The lowest BCUT2D eigenvalue weighted by Crippen LogP contribution is -2.26. The van der Waals surface area contributed by atoms with Crippen LogP contribution in [-0.2, 0) is 16.1 Å². The van der Waals surface area contributed by atoms with Crippen molar-refractivity contribution in [2.75, 3.05) is 13.2 Å². The standard InChI is InChI=1S/C13H17N3O3S/c1-4-19-10(17)6-14-5-9-15-12(18)11-7(2)8(3)20-13(11)16-9/h14H,4-6H2,1-3H3,(H,15,16,18).